The van der Waals surface area contributed by atoms with Crippen molar-refractivity contribution >= 4 is 23.4 Å². The summed E-state index contributed by atoms with van der Waals surface area (Å²) in [5.41, 5.74) is 7.14. The fourth-order valence-electron chi connectivity index (χ4n) is 4.49. The molecule has 3 aliphatic rings. The third-order valence-corrected chi connectivity index (χ3v) is 6.11. The molecule has 3 fully saturated rings. The van der Waals surface area contributed by atoms with Gasteiger partial charge in [0, 0.05) is 36.5 Å². The summed E-state index contributed by atoms with van der Waals surface area (Å²) in [7, 11) is 0. The number of rotatable bonds is 4. The van der Waals surface area contributed by atoms with Gasteiger partial charge >= 0.3 is 0 Å². The minimum Gasteiger partial charge on any atom is -0.352 e. The van der Waals surface area contributed by atoms with E-state index < -0.39 is 12.1 Å². The van der Waals surface area contributed by atoms with Gasteiger partial charge in [0.25, 0.3) is 0 Å². The number of fused-ring (bicyclic) bond motifs is 1. The van der Waals surface area contributed by atoms with Crippen molar-refractivity contribution < 1.29 is 14.0 Å². The molecular weight excluding hydrogens is 371 g/mol. The standard InChI is InChI=1S/C19H24ClFN4O2/c20-13-4-1-3-11(7-13)9-22-19(27)12-8-16(26)25(10-12)18-17-14(21)5-2-6-15(17)23-24-18/h1,3-4,7,12,14-15,17-18,23-24H,2,5-6,8-10H2,(H,22,27). The van der Waals surface area contributed by atoms with Gasteiger partial charge in [0.05, 0.1) is 5.92 Å². The number of hydrogen-bond acceptors (Lipinski definition) is 4. The van der Waals surface area contributed by atoms with Crippen LogP contribution < -0.4 is 16.2 Å². The van der Waals surface area contributed by atoms with E-state index in [0.29, 0.717) is 24.5 Å². The predicted molar refractivity (Wildman–Crippen MR) is 99.2 cm³/mol. The fourth-order valence-corrected chi connectivity index (χ4v) is 4.70. The highest BCUT2D eigenvalue weighted by Crippen LogP contribution is 2.36. The Morgan fingerprint density at radius 2 is 2.19 bits per heavy atom. The van der Waals surface area contributed by atoms with E-state index in [1.807, 2.05) is 12.1 Å². The van der Waals surface area contributed by atoms with Crippen LogP contribution in [0.5, 0.6) is 0 Å². The fraction of sp³-hybridized carbons (Fsp3) is 0.579. The Hall–Kier alpha value is -1.70. The van der Waals surface area contributed by atoms with Crippen molar-refractivity contribution in [2.45, 2.75) is 50.6 Å². The molecule has 146 valence electrons. The second-order valence-corrected chi connectivity index (χ2v) is 8.10. The van der Waals surface area contributed by atoms with Gasteiger partial charge in [-0.15, -0.1) is 0 Å². The molecule has 0 bridgehead atoms. The summed E-state index contributed by atoms with van der Waals surface area (Å²) in [6, 6.07) is 7.34. The number of nitrogens with zero attached hydrogens (tertiary/aromatic N) is 1. The molecule has 1 saturated carbocycles. The summed E-state index contributed by atoms with van der Waals surface area (Å²) in [5.74, 6) is -0.931. The van der Waals surface area contributed by atoms with Gasteiger partial charge in [-0.25, -0.2) is 9.82 Å². The van der Waals surface area contributed by atoms with Gasteiger partial charge in [0.1, 0.15) is 12.3 Å². The van der Waals surface area contributed by atoms with Crippen LogP contribution in [-0.4, -0.2) is 41.6 Å². The van der Waals surface area contributed by atoms with Gasteiger partial charge in [-0.2, -0.15) is 0 Å². The molecule has 4 rings (SSSR count). The Balaban J connectivity index is 1.36. The minimum atomic E-state index is -0.931. The number of amides is 2. The first kappa shape index (κ1) is 18.7. The van der Waals surface area contributed by atoms with Crippen LogP contribution in [0.3, 0.4) is 0 Å². The number of likely N-dealkylation sites (tertiary alicyclic amines) is 1. The number of carbonyl (C=O) groups excluding carboxylic acids is 2. The van der Waals surface area contributed by atoms with Crippen LogP contribution in [-0.2, 0) is 16.1 Å². The predicted octanol–water partition coefficient (Wildman–Crippen LogP) is 1.75. The molecule has 1 aromatic carbocycles. The van der Waals surface area contributed by atoms with Crippen molar-refractivity contribution in [1.29, 1.82) is 0 Å². The van der Waals surface area contributed by atoms with E-state index in [4.69, 9.17) is 11.6 Å². The monoisotopic (exact) mass is 394 g/mol. The number of hydrogen-bond donors (Lipinski definition) is 3. The Kier molecular flexibility index (Phi) is 5.34. The molecule has 0 spiro atoms. The van der Waals surface area contributed by atoms with Crippen LogP contribution in [0.2, 0.25) is 5.02 Å². The number of alkyl halides is 1. The molecule has 2 aliphatic heterocycles. The Labute approximate surface area is 162 Å². The largest absolute Gasteiger partial charge is 0.352 e. The Morgan fingerprint density at radius 3 is 3.00 bits per heavy atom. The van der Waals surface area contributed by atoms with E-state index in [1.165, 1.54) is 0 Å². The van der Waals surface area contributed by atoms with Gasteiger partial charge in [-0.05, 0) is 37.0 Å². The van der Waals surface area contributed by atoms with Crippen molar-refractivity contribution in [1.82, 2.24) is 21.1 Å². The van der Waals surface area contributed by atoms with Crippen molar-refractivity contribution in [2.75, 3.05) is 6.54 Å². The maximum absolute atomic E-state index is 14.5. The lowest BCUT2D eigenvalue weighted by Gasteiger charge is -2.34. The van der Waals surface area contributed by atoms with Crippen LogP contribution >= 0.6 is 11.6 Å². The molecular formula is C19H24ClFN4O2. The minimum absolute atomic E-state index is 0.0438. The van der Waals surface area contributed by atoms with Gasteiger partial charge < -0.3 is 10.2 Å². The van der Waals surface area contributed by atoms with Crippen LogP contribution in [0.1, 0.15) is 31.2 Å². The molecule has 0 aromatic heterocycles. The second kappa shape index (κ2) is 7.73. The first-order valence-electron chi connectivity index (χ1n) is 9.49. The third-order valence-electron chi connectivity index (χ3n) is 5.88. The zero-order valence-electron chi connectivity index (χ0n) is 15.0. The van der Waals surface area contributed by atoms with Crippen molar-refractivity contribution in [3.63, 3.8) is 0 Å². The highest BCUT2D eigenvalue weighted by molar-refractivity contribution is 6.30. The van der Waals surface area contributed by atoms with E-state index in [2.05, 4.69) is 16.2 Å². The van der Waals surface area contributed by atoms with E-state index in [-0.39, 0.29) is 36.4 Å². The zero-order chi connectivity index (χ0) is 19.0. The lowest BCUT2D eigenvalue weighted by Crippen LogP contribution is -2.50. The summed E-state index contributed by atoms with van der Waals surface area (Å²) in [6.45, 7) is 0.681. The topological polar surface area (TPSA) is 73.5 Å². The Morgan fingerprint density at radius 1 is 1.33 bits per heavy atom. The lowest BCUT2D eigenvalue weighted by atomic mass is 9.82. The summed E-state index contributed by atoms with van der Waals surface area (Å²) in [5, 5.41) is 3.50. The first-order valence-corrected chi connectivity index (χ1v) is 9.87. The molecule has 8 heteroatoms. The molecule has 27 heavy (non-hydrogen) atoms. The summed E-state index contributed by atoms with van der Waals surface area (Å²) in [4.78, 5) is 26.7. The Bertz CT molecular complexity index is 733. The van der Waals surface area contributed by atoms with Gasteiger partial charge in [0.2, 0.25) is 11.8 Å². The molecule has 6 nitrogen and oxygen atoms in total. The second-order valence-electron chi connectivity index (χ2n) is 7.66. The lowest BCUT2D eigenvalue weighted by molar-refractivity contribution is -0.131. The van der Waals surface area contributed by atoms with Crippen molar-refractivity contribution in [3.8, 4) is 0 Å². The normalized spacial score (nSPS) is 33.2. The van der Waals surface area contributed by atoms with E-state index >= 15 is 0 Å². The molecule has 2 saturated heterocycles. The molecule has 5 unspecified atom stereocenters. The van der Waals surface area contributed by atoms with Gasteiger partial charge in [-0.3, -0.25) is 15.0 Å². The van der Waals surface area contributed by atoms with Crippen LogP contribution in [0.25, 0.3) is 0 Å². The van der Waals surface area contributed by atoms with Crippen molar-refractivity contribution in [2.24, 2.45) is 11.8 Å². The maximum Gasteiger partial charge on any atom is 0.225 e. The van der Waals surface area contributed by atoms with E-state index in [1.54, 1.807) is 17.0 Å². The van der Waals surface area contributed by atoms with Crippen molar-refractivity contribution in [3.05, 3.63) is 34.9 Å². The van der Waals surface area contributed by atoms with Crippen LogP contribution in [0.15, 0.2) is 24.3 Å². The van der Waals surface area contributed by atoms with Crippen LogP contribution in [0.4, 0.5) is 4.39 Å². The highest BCUT2D eigenvalue weighted by atomic mass is 35.5. The number of halogens is 2. The van der Waals surface area contributed by atoms with Crippen LogP contribution in [0, 0.1) is 11.8 Å². The molecule has 3 N–H and O–H groups in total. The smallest absolute Gasteiger partial charge is 0.225 e. The molecule has 1 aromatic rings. The highest BCUT2D eigenvalue weighted by Gasteiger charge is 2.49. The average Bonchev–Trinajstić information content (AvgIpc) is 3.24. The summed E-state index contributed by atoms with van der Waals surface area (Å²) >= 11 is 5.96. The van der Waals surface area contributed by atoms with E-state index in [9.17, 15) is 14.0 Å². The molecule has 2 heterocycles. The number of hydrazine groups is 1. The summed E-state index contributed by atoms with van der Waals surface area (Å²) < 4.78 is 14.5. The maximum atomic E-state index is 14.5. The molecule has 0 radical (unpaired) electrons. The number of nitrogens with one attached hydrogen (secondary N) is 3. The first-order chi connectivity index (χ1) is 13.0. The summed E-state index contributed by atoms with van der Waals surface area (Å²) in [6.07, 6.45) is 1.13. The number of benzene rings is 1. The quantitative estimate of drug-likeness (QED) is 0.727. The molecule has 5 atom stereocenters. The van der Waals surface area contributed by atoms with E-state index in [0.717, 1.165) is 18.4 Å². The third kappa shape index (κ3) is 3.81. The van der Waals surface area contributed by atoms with Gasteiger partial charge in [0.15, 0.2) is 0 Å². The zero-order valence-corrected chi connectivity index (χ0v) is 15.7. The number of carbonyl (C=O) groups is 2. The molecule has 2 amide bonds. The van der Waals surface area contributed by atoms with Gasteiger partial charge in [-0.1, -0.05) is 23.7 Å². The SMILES string of the molecule is O=C(NCc1cccc(Cl)c1)C1CC(=O)N(C2NNC3CCCC(F)C32)C1. The average molecular weight is 395 g/mol. The molecule has 1 aliphatic carbocycles.